The van der Waals surface area contributed by atoms with E-state index >= 15 is 0 Å². The van der Waals surface area contributed by atoms with Crippen LogP contribution in [0.4, 0.5) is 5.69 Å². The Hall–Kier alpha value is -2.09. The fourth-order valence-corrected chi connectivity index (χ4v) is 3.70. The van der Waals surface area contributed by atoms with E-state index in [1.165, 1.54) is 23.9 Å². The molecule has 0 spiro atoms. The quantitative estimate of drug-likeness (QED) is 0.462. The van der Waals surface area contributed by atoms with E-state index in [1.807, 2.05) is 13.8 Å². The van der Waals surface area contributed by atoms with Crippen LogP contribution < -0.4 is 5.32 Å². The van der Waals surface area contributed by atoms with E-state index in [0.29, 0.717) is 24.2 Å². The van der Waals surface area contributed by atoms with Gasteiger partial charge in [0, 0.05) is 28.3 Å². The molecule has 0 radical (unpaired) electrons. The lowest BCUT2D eigenvalue weighted by atomic mass is 10.1. The topological polar surface area (TPSA) is 110 Å². The standard InChI is InChI=1S/C16H20N2O5S/c1-9(2)24-14-6-5-12(18(22)23)8-13(14)15(19)17-11-4-3-10(7-11)16(20)21/h5-6,8-11H,3-4,7H2,1-2H3,(H,17,19)(H,20,21)/t10-,11+/m1/s1. The van der Waals surface area contributed by atoms with Gasteiger partial charge in [0.25, 0.3) is 11.6 Å². The second kappa shape index (κ2) is 7.65. The summed E-state index contributed by atoms with van der Waals surface area (Å²) in [6, 6.07) is 4.04. The highest BCUT2D eigenvalue weighted by Crippen LogP contribution is 2.31. The highest BCUT2D eigenvalue weighted by molar-refractivity contribution is 8.00. The molecule has 24 heavy (non-hydrogen) atoms. The van der Waals surface area contributed by atoms with Gasteiger partial charge in [-0.3, -0.25) is 19.7 Å². The van der Waals surface area contributed by atoms with Crippen molar-refractivity contribution in [1.29, 1.82) is 0 Å². The second-order valence-corrected chi connectivity index (χ2v) is 7.74. The Morgan fingerprint density at radius 1 is 1.38 bits per heavy atom. The molecular weight excluding hydrogens is 332 g/mol. The Kier molecular flexibility index (Phi) is 5.82. The van der Waals surface area contributed by atoms with Crippen molar-refractivity contribution < 1.29 is 19.6 Å². The summed E-state index contributed by atoms with van der Waals surface area (Å²) in [7, 11) is 0. The summed E-state index contributed by atoms with van der Waals surface area (Å²) < 4.78 is 0. The number of nitrogens with one attached hydrogen (secondary N) is 1. The fourth-order valence-electron chi connectivity index (χ4n) is 2.77. The third-order valence-electron chi connectivity index (χ3n) is 3.90. The monoisotopic (exact) mass is 352 g/mol. The van der Waals surface area contributed by atoms with Crippen molar-refractivity contribution in [2.75, 3.05) is 0 Å². The van der Waals surface area contributed by atoms with E-state index in [4.69, 9.17) is 5.11 Å². The molecule has 1 saturated carbocycles. The SMILES string of the molecule is CC(C)Sc1ccc([N+](=O)[O-])cc1C(=O)N[C@H]1CC[C@@H](C(=O)O)C1. The van der Waals surface area contributed by atoms with Gasteiger partial charge in [-0.05, 0) is 25.3 Å². The number of nitrogens with zero attached hydrogens (tertiary/aromatic N) is 1. The highest BCUT2D eigenvalue weighted by atomic mass is 32.2. The molecule has 1 aromatic rings. The van der Waals surface area contributed by atoms with Gasteiger partial charge in [-0.2, -0.15) is 0 Å². The minimum absolute atomic E-state index is 0.136. The maximum absolute atomic E-state index is 12.6. The van der Waals surface area contributed by atoms with Crippen molar-refractivity contribution >= 4 is 29.3 Å². The molecule has 0 bridgehead atoms. The Morgan fingerprint density at radius 2 is 2.08 bits per heavy atom. The van der Waals surface area contributed by atoms with Crippen molar-refractivity contribution in [1.82, 2.24) is 5.32 Å². The number of carbonyl (C=O) groups excluding carboxylic acids is 1. The van der Waals surface area contributed by atoms with Gasteiger partial charge in [-0.1, -0.05) is 13.8 Å². The van der Waals surface area contributed by atoms with Crippen molar-refractivity contribution in [3.63, 3.8) is 0 Å². The number of carboxylic acid groups (broad SMARTS) is 1. The molecule has 1 aliphatic rings. The van der Waals surface area contributed by atoms with E-state index < -0.39 is 22.7 Å². The zero-order chi connectivity index (χ0) is 17.9. The van der Waals surface area contributed by atoms with Crippen LogP contribution in [0.5, 0.6) is 0 Å². The highest BCUT2D eigenvalue weighted by Gasteiger charge is 2.31. The predicted molar refractivity (Wildman–Crippen MR) is 90.3 cm³/mol. The summed E-state index contributed by atoms with van der Waals surface area (Å²) in [5.41, 5.74) is 0.129. The number of amides is 1. The van der Waals surface area contributed by atoms with Crippen LogP contribution in [-0.2, 0) is 4.79 Å². The number of hydrogen-bond donors (Lipinski definition) is 2. The zero-order valence-electron chi connectivity index (χ0n) is 13.5. The maximum atomic E-state index is 12.6. The number of thioether (sulfide) groups is 1. The number of nitro groups is 1. The van der Waals surface area contributed by atoms with E-state index in [1.54, 1.807) is 6.07 Å². The Morgan fingerprint density at radius 3 is 2.62 bits per heavy atom. The van der Waals surface area contributed by atoms with Crippen LogP contribution in [0.2, 0.25) is 0 Å². The van der Waals surface area contributed by atoms with Gasteiger partial charge in [0.15, 0.2) is 0 Å². The number of non-ortho nitro benzene ring substituents is 1. The first kappa shape index (κ1) is 18.3. The molecule has 1 fully saturated rings. The molecule has 0 heterocycles. The summed E-state index contributed by atoms with van der Waals surface area (Å²) in [6.45, 7) is 3.95. The number of carboxylic acids is 1. The van der Waals surface area contributed by atoms with Crippen molar-refractivity contribution in [2.24, 2.45) is 5.92 Å². The minimum atomic E-state index is -0.849. The first-order valence-electron chi connectivity index (χ1n) is 7.76. The van der Waals surface area contributed by atoms with Crippen LogP contribution in [0.15, 0.2) is 23.1 Å². The largest absolute Gasteiger partial charge is 0.481 e. The number of carbonyl (C=O) groups is 2. The first-order chi connectivity index (χ1) is 11.3. The molecule has 8 heteroatoms. The number of benzene rings is 1. The Labute approximate surface area is 144 Å². The van der Waals surface area contributed by atoms with Crippen LogP contribution in [0.3, 0.4) is 0 Å². The van der Waals surface area contributed by atoms with Crippen molar-refractivity contribution in [2.45, 2.75) is 49.3 Å². The normalized spacial score (nSPS) is 20.1. The number of hydrogen-bond acceptors (Lipinski definition) is 5. The van der Waals surface area contributed by atoms with Crippen LogP contribution in [-0.4, -0.2) is 33.2 Å². The molecule has 0 aromatic heterocycles. The van der Waals surface area contributed by atoms with Gasteiger partial charge in [-0.15, -0.1) is 11.8 Å². The maximum Gasteiger partial charge on any atom is 0.306 e. The summed E-state index contributed by atoms with van der Waals surface area (Å²) in [5, 5.41) is 23.1. The summed E-state index contributed by atoms with van der Waals surface area (Å²) >= 11 is 1.46. The Bertz CT molecular complexity index is 662. The zero-order valence-corrected chi connectivity index (χ0v) is 14.3. The van der Waals surface area contributed by atoms with E-state index in [-0.39, 0.29) is 22.5 Å². The molecule has 2 atom stereocenters. The summed E-state index contributed by atoms with van der Waals surface area (Å²) in [6.07, 6.45) is 1.52. The van der Waals surface area contributed by atoms with Gasteiger partial charge in [-0.25, -0.2) is 0 Å². The van der Waals surface area contributed by atoms with Gasteiger partial charge in [0.1, 0.15) is 0 Å². The van der Waals surface area contributed by atoms with Gasteiger partial charge in [0.05, 0.1) is 16.4 Å². The van der Waals surface area contributed by atoms with Crippen LogP contribution in [0, 0.1) is 16.0 Å². The average Bonchev–Trinajstić information content (AvgIpc) is 2.95. The lowest BCUT2D eigenvalue weighted by Gasteiger charge is -2.15. The van der Waals surface area contributed by atoms with Gasteiger partial charge in [0.2, 0.25) is 0 Å². The third kappa shape index (κ3) is 4.47. The molecule has 0 saturated heterocycles. The molecule has 7 nitrogen and oxygen atoms in total. The molecule has 0 unspecified atom stereocenters. The first-order valence-corrected chi connectivity index (χ1v) is 8.64. The lowest BCUT2D eigenvalue weighted by molar-refractivity contribution is -0.384. The molecule has 2 rings (SSSR count). The number of nitro benzene ring substituents is 1. The van der Waals surface area contributed by atoms with Crippen LogP contribution >= 0.6 is 11.8 Å². The molecule has 1 aliphatic carbocycles. The number of rotatable bonds is 6. The molecule has 1 amide bonds. The fraction of sp³-hybridized carbons (Fsp3) is 0.500. The summed E-state index contributed by atoms with van der Waals surface area (Å²) in [5.74, 6) is -1.68. The average molecular weight is 352 g/mol. The molecule has 1 aromatic carbocycles. The smallest absolute Gasteiger partial charge is 0.306 e. The van der Waals surface area contributed by atoms with Crippen molar-refractivity contribution in [3.8, 4) is 0 Å². The minimum Gasteiger partial charge on any atom is -0.481 e. The second-order valence-electron chi connectivity index (χ2n) is 6.12. The van der Waals surface area contributed by atoms with Gasteiger partial charge < -0.3 is 10.4 Å². The lowest BCUT2D eigenvalue weighted by Crippen LogP contribution is -2.33. The number of aliphatic carboxylic acids is 1. The van der Waals surface area contributed by atoms with E-state index in [2.05, 4.69) is 5.32 Å². The van der Waals surface area contributed by atoms with Gasteiger partial charge >= 0.3 is 5.97 Å². The third-order valence-corrected chi connectivity index (χ3v) is 4.98. The summed E-state index contributed by atoms with van der Waals surface area (Å²) in [4.78, 5) is 34.7. The Balaban J connectivity index is 2.18. The van der Waals surface area contributed by atoms with Crippen molar-refractivity contribution in [3.05, 3.63) is 33.9 Å². The molecular formula is C16H20N2O5S. The molecule has 0 aliphatic heterocycles. The van der Waals surface area contributed by atoms with Crippen LogP contribution in [0.25, 0.3) is 0 Å². The van der Waals surface area contributed by atoms with E-state index in [9.17, 15) is 19.7 Å². The predicted octanol–water partition coefficient (Wildman–Crippen LogP) is 3.08. The van der Waals surface area contributed by atoms with E-state index in [0.717, 1.165) is 0 Å². The molecule has 130 valence electrons. The molecule has 2 N–H and O–H groups in total. The van der Waals surface area contributed by atoms with Crippen LogP contribution in [0.1, 0.15) is 43.5 Å².